The van der Waals surface area contributed by atoms with E-state index in [1.807, 2.05) is 66.9 Å². The number of para-hydroxylation sites is 2. The van der Waals surface area contributed by atoms with Gasteiger partial charge in [0, 0.05) is 39.2 Å². The van der Waals surface area contributed by atoms with Gasteiger partial charge in [0.05, 0.1) is 11.4 Å². The van der Waals surface area contributed by atoms with E-state index < -0.39 is 0 Å². The van der Waals surface area contributed by atoms with Gasteiger partial charge in [0.2, 0.25) is 0 Å². The highest BCUT2D eigenvalue weighted by Gasteiger charge is 2.20. The van der Waals surface area contributed by atoms with Crippen LogP contribution in [0.5, 0.6) is 5.75 Å². The zero-order valence-electron chi connectivity index (χ0n) is 23.1. The van der Waals surface area contributed by atoms with E-state index >= 15 is 0 Å². The van der Waals surface area contributed by atoms with Gasteiger partial charge in [-0.15, -0.1) is 0 Å². The number of fused-ring (bicyclic) bond motifs is 4. The van der Waals surface area contributed by atoms with Gasteiger partial charge in [0.15, 0.2) is 5.58 Å². The molecule has 43 heavy (non-hydrogen) atoms. The van der Waals surface area contributed by atoms with Gasteiger partial charge in [-0.3, -0.25) is 4.90 Å². The summed E-state index contributed by atoms with van der Waals surface area (Å²) in [4.78, 5) is 12.0. The SMILES string of the molecule is Oc1ccccc1-c1nc(-c2cccc(N(c3ccccn3)c3cccc4ccccc34)c2)cc2c1oc1ccccc12. The first-order valence-electron chi connectivity index (χ1n) is 14.1. The summed E-state index contributed by atoms with van der Waals surface area (Å²) in [5.41, 5.74) is 6.34. The van der Waals surface area contributed by atoms with E-state index in [2.05, 4.69) is 77.7 Å². The third-order valence-corrected chi connectivity index (χ3v) is 7.81. The zero-order chi connectivity index (χ0) is 28.8. The number of rotatable bonds is 5. The first kappa shape index (κ1) is 24.8. The van der Waals surface area contributed by atoms with Crippen LogP contribution in [0.3, 0.4) is 0 Å². The van der Waals surface area contributed by atoms with Gasteiger partial charge in [0.25, 0.3) is 0 Å². The monoisotopic (exact) mass is 555 g/mol. The van der Waals surface area contributed by atoms with Crippen molar-refractivity contribution in [1.82, 2.24) is 9.97 Å². The molecule has 0 bridgehead atoms. The molecule has 0 radical (unpaired) electrons. The molecule has 3 heterocycles. The lowest BCUT2D eigenvalue weighted by Gasteiger charge is -2.26. The molecule has 1 N–H and O–H groups in total. The van der Waals surface area contributed by atoms with Crippen LogP contribution in [-0.4, -0.2) is 15.1 Å². The first-order chi connectivity index (χ1) is 21.2. The maximum Gasteiger partial charge on any atom is 0.161 e. The number of hydrogen-bond donors (Lipinski definition) is 1. The predicted octanol–water partition coefficient (Wildman–Crippen LogP) is 10.0. The minimum atomic E-state index is 0.153. The lowest BCUT2D eigenvalue weighted by molar-refractivity contribution is 0.477. The standard InChI is InChI=1S/C38H25N3O2/c42-34-19-5-3-17-30(34)37-38-31(29-16-4-6-20-35(29)43-38)24-32(40-37)26-13-9-14-27(23-26)41(36-21-7-8-22-39-36)33-18-10-12-25-11-1-2-15-28(25)33/h1-24,42H. The van der Waals surface area contributed by atoms with E-state index in [1.165, 1.54) is 0 Å². The van der Waals surface area contributed by atoms with Crippen LogP contribution < -0.4 is 4.90 Å². The summed E-state index contributed by atoms with van der Waals surface area (Å²) in [6.45, 7) is 0. The van der Waals surface area contributed by atoms with Crippen LogP contribution in [0.15, 0.2) is 150 Å². The smallest absolute Gasteiger partial charge is 0.161 e. The van der Waals surface area contributed by atoms with Crippen molar-refractivity contribution in [2.45, 2.75) is 0 Å². The van der Waals surface area contributed by atoms with E-state index in [0.717, 1.165) is 55.6 Å². The maximum atomic E-state index is 10.8. The molecule has 3 aromatic heterocycles. The lowest BCUT2D eigenvalue weighted by atomic mass is 10.0. The quantitative estimate of drug-likeness (QED) is 0.229. The van der Waals surface area contributed by atoms with E-state index in [0.29, 0.717) is 16.8 Å². The normalized spacial score (nSPS) is 11.3. The lowest BCUT2D eigenvalue weighted by Crippen LogP contribution is -2.12. The molecular weight excluding hydrogens is 530 g/mol. The number of nitrogens with zero attached hydrogens (tertiary/aromatic N) is 3. The van der Waals surface area contributed by atoms with Crippen molar-refractivity contribution < 1.29 is 9.52 Å². The van der Waals surface area contributed by atoms with Crippen LogP contribution in [-0.2, 0) is 0 Å². The molecule has 0 amide bonds. The Kier molecular flexibility index (Phi) is 5.86. The topological polar surface area (TPSA) is 62.4 Å². The fraction of sp³-hybridized carbons (Fsp3) is 0. The summed E-state index contributed by atoms with van der Waals surface area (Å²) in [6, 6.07) is 46.3. The minimum Gasteiger partial charge on any atom is -0.507 e. The Morgan fingerprint density at radius 3 is 2.28 bits per heavy atom. The number of phenols is 1. The van der Waals surface area contributed by atoms with Gasteiger partial charge in [0.1, 0.15) is 22.8 Å². The molecule has 0 unspecified atom stereocenters. The van der Waals surface area contributed by atoms with Gasteiger partial charge in [-0.25, -0.2) is 9.97 Å². The summed E-state index contributed by atoms with van der Waals surface area (Å²) in [5.74, 6) is 0.968. The fourth-order valence-electron chi connectivity index (χ4n) is 5.82. The van der Waals surface area contributed by atoms with E-state index in [-0.39, 0.29) is 5.75 Å². The van der Waals surface area contributed by atoms with Crippen LogP contribution in [0.1, 0.15) is 0 Å². The van der Waals surface area contributed by atoms with Crippen LogP contribution in [0.2, 0.25) is 0 Å². The molecule has 0 aliphatic heterocycles. The van der Waals surface area contributed by atoms with Crippen molar-refractivity contribution in [3.05, 3.63) is 146 Å². The van der Waals surface area contributed by atoms with Crippen molar-refractivity contribution >= 4 is 49.9 Å². The zero-order valence-corrected chi connectivity index (χ0v) is 23.1. The van der Waals surface area contributed by atoms with Gasteiger partial charge in [-0.2, -0.15) is 0 Å². The summed E-state index contributed by atoms with van der Waals surface area (Å²) in [7, 11) is 0. The van der Waals surface area contributed by atoms with E-state index in [4.69, 9.17) is 14.4 Å². The van der Waals surface area contributed by atoms with Crippen molar-refractivity contribution in [2.24, 2.45) is 0 Å². The number of hydrogen-bond acceptors (Lipinski definition) is 5. The highest BCUT2D eigenvalue weighted by Crippen LogP contribution is 2.42. The average Bonchev–Trinajstić information content (AvgIpc) is 3.44. The van der Waals surface area contributed by atoms with Gasteiger partial charge >= 0.3 is 0 Å². The summed E-state index contributed by atoms with van der Waals surface area (Å²) < 4.78 is 6.31. The first-order valence-corrected chi connectivity index (χ1v) is 14.1. The molecule has 0 aliphatic carbocycles. The fourth-order valence-corrected chi connectivity index (χ4v) is 5.82. The molecule has 8 rings (SSSR count). The Morgan fingerprint density at radius 2 is 1.40 bits per heavy atom. The third kappa shape index (κ3) is 4.26. The van der Waals surface area contributed by atoms with Crippen molar-refractivity contribution in [2.75, 3.05) is 4.90 Å². The Morgan fingerprint density at radius 1 is 0.628 bits per heavy atom. The second kappa shape index (κ2) is 10.2. The number of furan rings is 1. The second-order valence-electron chi connectivity index (χ2n) is 10.4. The molecule has 8 aromatic rings. The molecular formula is C38H25N3O2. The second-order valence-corrected chi connectivity index (χ2v) is 10.4. The summed E-state index contributed by atoms with van der Waals surface area (Å²) in [6.07, 6.45) is 1.81. The van der Waals surface area contributed by atoms with Crippen molar-refractivity contribution in [3.63, 3.8) is 0 Å². The summed E-state index contributed by atoms with van der Waals surface area (Å²) >= 11 is 0. The molecule has 0 atom stereocenters. The molecule has 0 aliphatic rings. The van der Waals surface area contributed by atoms with Crippen LogP contribution >= 0.6 is 0 Å². The van der Waals surface area contributed by atoms with Crippen molar-refractivity contribution in [3.8, 4) is 28.3 Å². The highest BCUT2D eigenvalue weighted by atomic mass is 16.3. The third-order valence-electron chi connectivity index (χ3n) is 7.81. The number of aromatic hydroxyl groups is 1. The number of pyridine rings is 2. The van der Waals surface area contributed by atoms with Gasteiger partial charge < -0.3 is 9.52 Å². The van der Waals surface area contributed by atoms with E-state index in [9.17, 15) is 5.11 Å². The maximum absolute atomic E-state index is 10.8. The van der Waals surface area contributed by atoms with Crippen molar-refractivity contribution in [1.29, 1.82) is 0 Å². The molecule has 5 aromatic carbocycles. The molecule has 0 saturated carbocycles. The number of benzene rings is 5. The average molecular weight is 556 g/mol. The Bertz CT molecular complexity index is 2270. The minimum absolute atomic E-state index is 0.153. The molecule has 5 heteroatoms. The molecule has 0 spiro atoms. The number of anilines is 3. The highest BCUT2D eigenvalue weighted by molar-refractivity contribution is 6.10. The van der Waals surface area contributed by atoms with Crippen LogP contribution in [0.25, 0.3) is 55.2 Å². The predicted molar refractivity (Wildman–Crippen MR) is 174 cm³/mol. The van der Waals surface area contributed by atoms with E-state index in [1.54, 1.807) is 6.07 Å². The molecule has 0 fully saturated rings. The molecule has 5 nitrogen and oxygen atoms in total. The number of aromatic nitrogens is 2. The largest absolute Gasteiger partial charge is 0.507 e. The summed E-state index contributed by atoms with van der Waals surface area (Å²) in [5, 5.41) is 15.1. The van der Waals surface area contributed by atoms with Crippen LogP contribution in [0.4, 0.5) is 17.2 Å². The number of phenolic OH excluding ortho intramolecular Hbond substituents is 1. The Labute approximate surface area is 247 Å². The Balaban J connectivity index is 1.36. The van der Waals surface area contributed by atoms with Crippen LogP contribution in [0, 0.1) is 0 Å². The van der Waals surface area contributed by atoms with Gasteiger partial charge in [-0.1, -0.05) is 84.9 Å². The molecule has 204 valence electrons. The Hall–Kier alpha value is -5.94. The van der Waals surface area contributed by atoms with Gasteiger partial charge in [-0.05, 0) is 60.0 Å². The molecule has 0 saturated heterocycles.